The molecule has 0 spiro atoms. The second-order valence-electron chi connectivity index (χ2n) is 11.9. The maximum Gasteiger partial charge on any atom is 0.0972 e. The van der Waals surface area contributed by atoms with Gasteiger partial charge in [0.2, 0.25) is 0 Å². The van der Waals surface area contributed by atoms with Crippen molar-refractivity contribution >= 4 is 21.8 Å². The Hall–Kier alpha value is -3.52. The largest absolute Gasteiger partial charge is 0.245 e. The molecule has 0 bridgehead atoms. The number of nitrogens with zero attached hydrogens (tertiary/aromatic N) is 2. The van der Waals surface area contributed by atoms with E-state index < -0.39 is 0 Å². The summed E-state index contributed by atoms with van der Waals surface area (Å²) in [6.07, 6.45) is 0. The van der Waals surface area contributed by atoms with Crippen LogP contribution in [0.2, 0.25) is 0 Å². The van der Waals surface area contributed by atoms with Crippen molar-refractivity contribution in [3.8, 4) is 22.5 Å². The highest BCUT2D eigenvalue weighted by Crippen LogP contribution is 2.36. The molecule has 0 aliphatic rings. The number of rotatable bonds is 6. The zero-order chi connectivity index (χ0) is 27.1. The Morgan fingerprint density at radius 2 is 0.789 bits per heavy atom. The van der Waals surface area contributed by atoms with Crippen LogP contribution in [0.25, 0.3) is 44.3 Å². The predicted octanol–water partition coefficient (Wildman–Crippen LogP) is 10.6. The first-order chi connectivity index (χ1) is 18.1. The van der Waals surface area contributed by atoms with Gasteiger partial charge in [0.05, 0.1) is 22.4 Å². The summed E-state index contributed by atoms with van der Waals surface area (Å²) in [5, 5.41) is 2.24. The first-order valence-electron chi connectivity index (χ1n) is 14.1. The van der Waals surface area contributed by atoms with E-state index in [9.17, 15) is 0 Å². The second kappa shape index (κ2) is 10.3. The van der Waals surface area contributed by atoms with Gasteiger partial charge in [0.15, 0.2) is 0 Å². The molecule has 0 radical (unpaired) electrons. The molecule has 0 aliphatic heterocycles. The van der Waals surface area contributed by atoms with Gasteiger partial charge in [-0.3, -0.25) is 0 Å². The van der Waals surface area contributed by atoms with Crippen molar-refractivity contribution in [1.82, 2.24) is 9.97 Å². The second-order valence-corrected chi connectivity index (χ2v) is 11.9. The van der Waals surface area contributed by atoms with Crippen LogP contribution in [-0.2, 0) is 0 Å². The van der Waals surface area contributed by atoms with Crippen molar-refractivity contribution in [1.29, 1.82) is 0 Å². The highest BCUT2D eigenvalue weighted by molar-refractivity contribution is 6.04. The zero-order valence-corrected chi connectivity index (χ0v) is 24.1. The Morgan fingerprint density at radius 1 is 0.421 bits per heavy atom. The first-order valence-corrected chi connectivity index (χ1v) is 14.1. The van der Waals surface area contributed by atoms with Crippen LogP contribution in [0.5, 0.6) is 0 Å². The number of aromatic nitrogens is 2. The minimum absolute atomic E-state index is 0.420. The summed E-state index contributed by atoms with van der Waals surface area (Å²) in [5.74, 6) is 1.78. The number of pyridine rings is 2. The van der Waals surface area contributed by atoms with Gasteiger partial charge in [-0.15, -0.1) is 0 Å². The fourth-order valence-corrected chi connectivity index (χ4v) is 5.38. The topological polar surface area (TPSA) is 25.8 Å². The van der Waals surface area contributed by atoms with Gasteiger partial charge in [-0.25, -0.2) is 9.97 Å². The summed E-state index contributed by atoms with van der Waals surface area (Å²) in [7, 11) is 0. The zero-order valence-electron chi connectivity index (χ0n) is 24.1. The van der Waals surface area contributed by atoms with Gasteiger partial charge in [-0.1, -0.05) is 104 Å². The van der Waals surface area contributed by atoms with Crippen molar-refractivity contribution in [2.24, 2.45) is 0 Å². The number of fused-ring (bicyclic) bond motifs is 3. The molecule has 3 aromatic carbocycles. The van der Waals surface area contributed by atoms with Crippen molar-refractivity contribution in [3.63, 3.8) is 0 Å². The Bertz CT molecular complexity index is 1500. The summed E-state index contributed by atoms with van der Waals surface area (Å²) in [6.45, 7) is 18.0. The fraction of sp³-hybridized carbons (Fsp3) is 0.333. The molecule has 2 aromatic heterocycles. The maximum atomic E-state index is 5.29. The van der Waals surface area contributed by atoms with E-state index in [0.29, 0.717) is 23.7 Å². The molecule has 0 N–H and O–H groups in total. The lowest BCUT2D eigenvalue weighted by molar-refractivity contribution is 0.846. The van der Waals surface area contributed by atoms with E-state index in [4.69, 9.17) is 9.97 Å². The van der Waals surface area contributed by atoms with Gasteiger partial charge in [0.1, 0.15) is 0 Å². The normalized spacial score (nSPS) is 12.1. The highest BCUT2D eigenvalue weighted by atomic mass is 14.8. The van der Waals surface area contributed by atoms with Gasteiger partial charge >= 0.3 is 0 Å². The minimum atomic E-state index is 0.420. The molecule has 0 aliphatic carbocycles. The van der Waals surface area contributed by atoms with E-state index >= 15 is 0 Å². The molecular weight excluding hydrogens is 460 g/mol. The Morgan fingerprint density at radius 3 is 1.13 bits per heavy atom. The van der Waals surface area contributed by atoms with Gasteiger partial charge in [-0.2, -0.15) is 0 Å². The molecule has 2 nitrogen and oxygen atoms in total. The van der Waals surface area contributed by atoms with E-state index in [1.54, 1.807) is 0 Å². The number of hydrogen-bond donors (Lipinski definition) is 0. The smallest absolute Gasteiger partial charge is 0.0972 e. The molecular formula is C36H40N2. The molecule has 5 rings (SSSR count). The number of benzene rings is 3. The van der Waals surface area contributed by atoms with Crippen LogP contribution < -0.4 is 0 Å². The molecule has 0 saturated heterocycles. The summed E-state index contributed by atoms with van der Waals surface area (Å²) >= 11 is 0. The summed E-state index contributed by atoms with van der Waals surface area (Å²) in [4.78, 5) is 10.6. The quantitative estimate of drug-likeness (QED) is 0.217. The lowest BCUT2D eigenvalue weighted by Gasteiger charge is -2.17. The van der Waals surface area contributed by atoms with Crippen LogP contribution in [0.4, 0.5) is 0 Å². The molecule has 0 amide bonds. The fourth-order valence-electron chi connectivity index (χ4n) is 5.38. The highest BCUT2D eigenvalue weighted by Gasteiger charge is 2.16. The first kappa shape index (κ1) is 26.1. The third-order valence-corrected chi connectivity index (χ3v) is 7.80. The molecule has 0 unspecified atom stereocenters. The van der Waals surface area contributed by atoms with Crippen LogP contribution >= 0.6 is 0 Å². The standard InChI is InChI=1S/C36H40N2/c1-21(2)27-11-15-29(23(5)6)31(19-27)33-17-13-25-9-10-26-14-18-34(38-36(26)35(25)37-33)32-20-28(22(3)4)12-16-30(32)24(7)8/h9-24H,1-8H3. The van der Waals surface area contributed by atoms with Crippen LogP contribution in [0.15, 0.2) is 72.8 Å². The number of hydrogen-bond acceptors (Lipinski definition) is 2. The molecule has 0 fully saturated rings. The van der Waals surface area contributed by atoms with Crippen molar-refractivity contribution in [2.75, 3.05) is 0 Å². The third kappa shape index (κ3) is 4.85. The molecule has 0 atom stereocenters. The molecule has 2 heteroatoms. The lowest BCUT2D eigenvalue weighted by Crippen LogP contribution is -1.99. The summed E-state index contributed by atoms with van der Waals surface area (Å²) < 4.78 is 0. The average Bonchev–Trinajstić information content (AvgIpc) is 2.91. The lowest BCUT2D eigenvalue weighted by atomic mass is 9.90. The van der Waals surface area contributed by atoms with E-state index in [0.717, 1.165) is 33.2 Å². The Labute approximate surface area is 228 Å². The van der Waals surface area contributed by atoms with Gasteiger partial charge in [-0.05, 0) is 70.2 Å². The molecule has 38 heavy (non-hydrogen) atoms. The molecule has 5 aromatic rings. The monoisotopic (exact) mass is 500 g/mol. The van der Waals surface area contributed by atoms with E-state index in [2.05, 4.69) is 128 Å². The molecule has 0 saturated carbocycles. The molecule has 194 valence electrons. The molecule has 2 heterocycles. The predicted molar refractivity (Wildman–Crippen MR) is 164 cm³/mol. The van der Waals surface area contributed by atoms with E-state index in [1.165, 1.54) is 33.4 Å². The van der Waals surface area contributed by atoms with Crippen LogP contribution in [0.3, 0.4) is 0 Å². The van der Waals surface area contributed by atoms with Crippen LogP contribution in [0, 0.1) is 0 Å². The van der Waals surface area contributed by atoms with Crippen molar-refractivity contribution in [3.05, 3.63) is 95.1 Å². The van der Waals surface area contributed by atoms with Crippen LogP contribution in [0.1, 0.15) is 101 Å². The van der Waals surface area contributed by atoms with Crippen molar-refractivity contribution in [2.45, 2.75) is 79.1 Å². The average molecular weight is 501 g/mol. The van der Waals surface area contributed by atoms with Gasteiger partial charge in [0, 0.05) is 21.9 Å². The van der Waals surface area contributed by atoms with Crippen molar-refractivity contribution < 1.29 is 0 Å². The summed E-state index contributed by atoms with van der Waals surface area (Å²) in [5.41, 5.74) is 11.8. The minimum Gasteiger partial charge on any atom is -0.245 e. The van der Waals surface area contributed by atoms with Gasteiger partial charge < -0.3 is 0 Å². The summed E-state index contributed by atoms with van der Waals surface area (Å²) in [6, 6.07) is 26.9. The van der Waals surface area contributed by atoms with E-state index in [1.807, 2.05) is 0 Å². The van der Waals surface area contributed by atoms with Crippen LogP contribution in [-0.4, -0.2) is 9.97 Å². The van der Waals surface area contributed by atoms with E-state index in [-0.39, 0.29) is 0 Å². The Balaban J connectivity index is 1.75. The Kier molecular flexibility index (Phi) is 7.09. The van der Waals surface area contributed by atoms with Gasteiger partial charge in [0.25, 0.3) is 0 Å². The third-order valence-electron chi connectivity index (χ3n) is 7.80. The SMILES string of the molecule is CC(C)c1ccc(C(C)C)c(-c2ccc3ccc4ccc(-c5cc(C(C)C)ccc5C(C)C)nc4c3n2)c1. The maximum absolute atomic E-state index is 5.29.